The van der Waals surface area contributed by atoms with Crippen molar-refractivity contribution in [2.24, 2.45) is 0 Å². The van der Waals surface area contributed by atoms with Crippen molar-refractivity contribution >= 4 is 5.91 Å². The molecule has 35 heavy (non-hydrogen) atoms. The van der Waals surface area contributed by atoms with Crippen LogP contribution in [0.2, 0.25) is 0 Å². The van der Waals surface area contributed by atoms with Gasteiger partial charge < -0.3 is 19.5 Å². The Morgan fingerprint density at radius 2 is 1.91 bits per heavy atom. The van der Waals surface area contributed by atoms with Crippen molar-refractivity contribution in [1.82, 2.24) is 19.4 Å². The van der Waals surface area contributed by atoms with Crippen LogP contribution in [0.25, 0.3) is 5.69 Å². The molecule has 1 aliphatic rings. The minimum Gasteiger partial charge on any atom is -0.494 e. The Bertz CT molecular complexity index is 1240. The van der Waals surface area contributed by atoms with Crippen LogP contribution in [0.1, 0.15) is 53.8 Å². The van der Waals surface area contributed by atoms with Gasteiger partial charge in [-0.3, -0.25) is 19.1 Å². The highest BCUT2D eigenvalue weighted by atomic mass is 16.5. The van der Waals surface area contributed by atoms with Crippen molar-refractivity contribution in [2.75, 3.05) is 27.3 Å². The number of aromatic hydroxyl groups is 1. The molecule has 0 saturated carbocycles. The van der Waals surface area contributed by atoms with E-state index in [9.17, 15) is 14.7 Å². The number of benzene rings is 1. The maximum absolute atomic E-state index is 13.5. The van der Waals surface area contributed by atoms with E-state index in [4.69, 9.17) is 9.47 Å². The highest BCUT2D eigenvalue weighted by Crippen LogP contribution is 2.37. The average molecular weight is 479 g/mol. The number of methoxy groups -OCH3 is 2. The Hall–Kier alpha value is -3.88. The molecule has 0 aliphatic carbocycles. The smallest absolute Gasteiger partial charge is 0.289 e. The van der Waals surface area contributed by atoms with Gasteiger partial charge in [0.25, 0.3) is 11.5 Å². The van der Waals surface area contributed by atoms with E-state index in [1.165, 1.54) is 18.8 Å². The number of unbranched alkanes of at least 4 members (excludes halogenated alkanes) is 1. The van der Waals surface area contributed by atoms with Gasteiger partial charge in [0, 0.05) is 37.8 Å². The first-order chi connectivity index (χ1) is 17.0. The molecule has 4 rings (SSSR count). The topological polar surface area (TPSA) is 107 Å². The van der Waals surface area contributed by atoms with Crippen LogP contribution in [0.5, 0.6) is 17.4 Å². The lowest BCUT2D eigenvalue weighted by molar-refractivity contribution is 0.0784. The summed E-state index contributed by atoms with van der Waals surface area (Å²) in [5.41, 5.74) is 0.326. The lowest BCUT2D eigenvalue weighted by atomic mass is 10.0. The number of rotatable bonds is 8. The summed E-state index contributed by atoms with van der Waals surface area (Å²) in [5, 5.41) is 11.4. The van der Waals surface area contributed by atoms with Gasteiger partial charge in [-0.2, -0.15) is 4.98 Å². The number of likely N-dealkylation sites (tertiary alicyclic amines) is 1. The van der Waals surface area contributed by atoms with E-state index >= 15 is 0 Å². The molecule has 9 nitrogen and oxygen atoms in total. The third-order valence-electron chi connectivity index (χ3n) is 6.36. The van der Waals surface area contributed by atoms with Gasteiger partial charge in [-0.15, -0.1) is 0 Å². The molecular formula is C26H30N4O5. The molecule has 1 aromatic carbocycles. The fourth-order valence-electron chi connectivity index (χ4n) is 4.52. The molecule has 1 amide bonds. The molecule has 0 spiro atoms. The minimum atomic E-state index is -0.742. The first kappa shape index (κ1) is 24.3. The van der Waals surface area contributed by atoms with Crippen LogP contribution in [0, 0.1) is 0 Å². The fraction of sp³-hybridized carbons (Fsp3) is 0.385. The molecule has 184 valence electrons. The first-order valence-electron chi connectivity index (χ1n) is 11.8. The summed E-state index contributed by atoms with van der Waals surface area (Å²) in [4.78, 5) is 36.6. The Kier molecular flexibility index (Phi) is 7.33. The van der Waals surface area contributed by atoms with Crippen molar-refractivity contribution in [3.8, 4) is 23.1 Å². The maximum Gasteiger partial charge on any atom is 0.289 e. The Balaban J connectivity index is 1.80. The molecule has 1 aliphatic heterocycles. The third kappa shape index (κ3) is 4.71. The van der Waals surface area contributed by atoms with Crippen molar-refractivity contribution in [2.45, 2.75) is 38.5 Å². The number of ether oxygens (including phenoxy) is 2. The quantitative estimate of drug-likeness (QED) is 0.529. The fourth-order valence-corrected chi connectivity index (χ4v) is 4.52. The second-order valence-corrected chi connectivity index (χ2v) is 8.51. The number of aromatic nitrogens is 3. The standard InChI is InChI=1S/C26H30N4O5/c1-4-5-11-21-28-24(31)22(25(32)29-14-12-18(16-29)17-8-7-13-27-15-17)26(33)30(21)23-19(34-2)9-6-10-20(23)35-3/h6-10,13,15,18,33H,4-5,11-12,14,16H2,1-3H3. The van der Waals surface area contributed by atoms with Crippen LogP contribution in [-0.4, -0.2) is 57.8 Å². The Labute approximate surface area is 204 Å². The molecule has 2 aromatic heterocycles. The van der Waals surface area contributed by atoms with Crippen molar-refractivity contribution in [3.63, 3.8) is 0 Å². The molecule has 0 bridgehead atoms. The second kappa shape index (κ2) is 10.6. The van der Waals surface area contributed by atoms with E-state index in [0.717, 1.165) is 24.8 Å². The number of amides is 1. The van der Waals surface area contributed by atoms with Crippen LogP contribution < -0.4 is 15.0 Å². The van der Waals surface area contributed by atoms with Crippen molar-refractivity contribution in [3.05, 3.63) is 70.0 Å². The van der Waals surface area contributed by atoms with Crippen LogP contribution in [0.4, 0.5) is 0 Å². The monoisotopic (exact) mass is 478 g/mol. The van der Waals surface area contributed by atoms with Crippen molar-refractivity contribution < 1.29 is 19.4 Å². The first-order valence-corrected chi connectivity index (χ1v) is 11.8. The predicted molar refractivity (Wildman–Crippen MR) is 131 cm³/mol. The number of carbonyl (C=O) groups excluding carboxylic acids is 1. The zero-order valence-corrected chi connectivity index (χ0v) is 20.2. The highest BCUT2D eigenvalue weighted by molar-refractivity contribution is 5.96. The molecule has 1 unspecified atom stereocenters. The van der Waals surface area contributed by atoms with E-state index in [2.05, 4.69) is 9.97 Å². The normalized spacial score (nSPS) is 15.3. The third-order valence-corrected chi connectivity index (χ3v) is 6.36. The van der Waals surface area contributed by atoms with E-state index in [1.807, 2.05) is 19.1 Å². The molecule has 0 radical (unpaired) electrons. The van der Waals surface area contributed by atoms with Gasteiger partial charge in [0.1, 0.15) is 23.0 Å². The lowest BCUT2D eigenvalue weighted by Gasteiger charge is -2.22. The number of para-hydroxylation sites is 1. The van der Waals surface area contributed by atoms with Crippen LogP contribution >= 0.6 is 0 Å². The van der Waals surface area contributed by atoms with Crippen LogP contribution in [0.3, 0.4) is 0 Å². The largest absolute Gasteiger partial charge is 0.494 e. The number of carbonyl (C=O) groups is 1. The van der Waals surface area contributed by atoms with E-state index in [0.29, 0.717) is 42.5 Å². The Morgan fingerprint density at radius 3 is 2.54 bits per heavy atom. The summed E-state index contributed by atoms with van der Waals surface area (Å²) in [5.74, 6) is 0.273. The van der Waals surface area contributed by atoms with Crippen molar-refractivity contribution in [1.29, 1.82) is 0 Å². The average Bonchev–Trinajstić information content (AvgIpc) is 3.38. The van der Waals surface area contributed by atoms with E-state index < -0.39 is 17.3 Å². The van der Waals surface area contributed by atoms with Gasteiger partial charge >= 0.3 is 0 Å². The van der Waals surface area contributed by atoms with Gasteiger partial charge in [-0.1, -0.05) is 25.5 Å². The van der Waals surface area contributed by atoms with Gasteiger partial charge in [0.2, 0.25) is 5.88 Å². The number of hydrogen-bond acceptors (Lipinski definition) is 7. The molecule has 3 heterocycles. The predicted octanol–water partition coefficient (Wildman–Crippen LogP) is 3.32. The molecule has 1 saturated heterocycles. The van der Waals surface area contributed by atoms with Crippen LogP contribution in [0.15, 0.2) is 47.5 Å². The summed E-state index contributed by atoms with van der Waals surface area (Å²) in [6, 6.07) is 9.05. The zero-order chi connectivity index (χ0) is 24.9. The zero-order valence-electron chi connectivity index (χ0n) is 20.2. The molecule has 1 fully saturated rings. The molecule has 9 heteroatoms. The Morgan fingerprint density at radius 1 is 1.17 bits per heavy atom. The molecule has 1 atom stereocenters. The van der Waals surface area contributed by atoms with E-state index in [-0.39, 0.29) is 11.5 Å². The summed E-state index contributed by atoms with van der Waals surface area (Å²) in [6.45, 7) is 2.92. The summed E-state index contributed by atoms with van der Waals surface area (Å²) < 4.78 is 12.5. The molecule has 3 aromatic rings. The maximum atomic E-state index is 13.5. The van der Waals surface area contributed by atoms with E-state index in [1.54, 1.807) is 35.5 Å². The van der Waals surface area contributed by atoms with Crippen LogP contribution in [-0.2, 0) is 6.42 Å². The van der Waals surface area contributed by atoms with Gasteiger partial charge in [-0.05, 0) is 36.6 Å². The van der Waals surface area contributed by atoms with Gasteiger partial charge in [-0.25, -0.2) is 0 Å². The molecule has 1 N–H and O–H groups in total. The SMILES string of the molecule is CCCCc1nc(=O)c(C(=O)N2CCC(c3cccnc3)C2)c(O)n1-c1c(OC)cccc1OC. The lowest BCUT2D eigenvalue weighted by Crippen LogP contribution is -2.35. The summed E-state index contributed by atoms with van der Waals surface area (Å²) in [7, 11) is 3.01. The highest BCUT2D eigenvalue weighted by Gasteiger charge is 2.33. The van der Waals surface area contributed by atoms with Gasteiger partial charge in [0.15, 0.2) is 5.56 Å². The minimum absolute atomic E-state index is 0.114. The number of nitrogens with zero attached hydrogens (tertiary/aromatic N) is 4. The molecular weight excluding hydrogens is 448 g/mol. The number of hydrogen-bond donors (Lipinski definition) is 1. The summed E-state index contributed by atoms with van der Waals surface area (Å²) in [6.07, 6.45) is 6.29. The summed E-state index contributed by atoms with van der Waals surface area (Å²) >= 11 is 0. The second-order valence-electron chi connectivity index (χ2n) is 8.51. The van der Waals surface area contributed by atoms with Gasteiger partial charge in [0.05, 0.1) is 14.2 Å². The number of pyridine rings is 1. The number of aryl methyl sites for hydroxylation is 1.